The zero-order valence-corrected chi connectivity index (χ0v) is 13.2. The number of aromatic nitrogens is 3. The first kappa shape index (κ1) is 15.2. The minimum atomic E-state index is -0.349. The first-order chi connectivity index (χ1) is 11.1. The average Bonchev–Trinajstić information content (AvgIpc) is 2.90. The molecule has 0 bridgehead atoms. The number of carbonyl (C=O) groups excluding carboxylic acids is 1. The number of pyridine rings is 2. The number of halogens is 1. The summed E-state index contributed by atoms with van der Waals surface area (Å²) in [6, 6.07) is 3.25. The zero-order chi connectivity index (χ0) is 16.4. The van der Waals surface area contributed by atoms with Crippen LogP contribution in [0.25, 0.3) is 11.1 Å². The van der Waals surface area contributed by atoms with Gasteiger partial charge in [-0.05, 0) is 26.0 Å². The molecule has 8 heteroatoms. The topological polar surface area (TPSA) is 90.1 Å². The van der Waals surface area contributed by atoms with Crippen LogP contribution in [0, 0.1) is 6.92 Å². The van der Waals surface area contributed by atoms with Crippen molar-refractivity contribution in [2.45, 2.75) is 13.8 Å². The van der Waals surface area contributed by atoms with Crippen molar-refractivity contribution in [2.75, 3.05) is 11.9 Å². The normalized spacial score (nSPS) is 10.7. The maximum Gasteiger partial charge on any atom is 0.258 e. The standard InChI is InChI=1S/C15H13ClN4O3/c1-3-22-15-12(16)4-9(6-17-15)13(21)19-10-5-11-8(2)20-23-14(11)18-7-10/h4-7H,3H2,1-2H3,(H,19,21). The number of hydrogen-bond acceptors (Lipinski definition) is 6. The first-order valence-electron chi connectivity index (χ1n) is 6.90. The SMILES string of the molecule is CCOc1ncc(C(=O)Nc2cnc3onc(C)c3c2)cc1Cl. The third kappa shape index (κ3) is 3.09. The zero-order valence-electron chi connectivity index (χ0n) is 12.5. The highest BCUT2D eigenvalue weighted by Crippen LogP contribution is 2.23. The molecule has 0 fully saturated rings. The second kappa shape index (κ2) is 6.21. The highest BCUT2D eigenvalue weighted by Gasteiger charge is 2.13. The first-order valence-corrected chi connectivity index (χ1v) is 7.28. The van der Waals surface area contributed by atoms with Gasteiger partial charge in [-0.3, -0.25) is 4.79 Å². The maximum atomic E-state index is 12.3. The summed E-state index contributed by atoms with van der Waals surface area (Å²) >= 11 is 6.04. The van der Waals surface area contributed by atoms with Crippen LogP contribution < -0.4 is 10.1 Å². The number of nitrogens with one attached hydrogen (secondary N) is 1. The molecular weight excluding hydrogens is 320 g/mol. The lowest BCUT2D eigenvalue weighted by Gasteiger charge is -2.07. The molecule has 3 aromatic rings. The summed E-state index contributed by atoms with van der Waals surface area (Å²) in [5.74, 6) is -0.0494. The number of nitrogens with zero attached hydrogens (tertiary/aromatic N) is 3. The molecule has 0 saturated carbocycles. The van der Waals surface area contributed by atoms with Crippen LogP contribution in [0.15, 0.2) is 29.0 Å². The third-order valence-electron chi connectivity index (χ3n) is 3.12. The van der Waals surface area contributed by atoms with Crippen LogP contribution in [0.5, 0.6) is 5.88 Å². The quantitative estimate of drug-likeness (QED) is 0.788. The molecule has 0 aliphatic heterocycles. The van der Waals surface area contributed by atoms with Gasteiger partial charge in [0, 0.05) is 6.20 Å². The lowest BCUT2D eigenvalue weighted by atomic mass is 10.2. The molecule has 118 valence electrons. The van der Waals surface area contributed by atoms with Crippen molar-refractivity contribution in [3.8, 4) is 5.88 Å². The second-order valence-electron chi connectivity index (χ2n) is 4.74. The molecule has 0 radical (unpaired) electrons. The molecule has 3 heterocycles. The number of anilines is 1. The Morgan fingerprint density at radius 1 is 1.35 bits per heavy atom. The Kier molecular flexibility index (Phi) is 4.12. The van der Waals surface area contributed by atoms with E-state index >= 15 is 0 Å². The van der Waals surface area contributed by atoms with Gasteiger partial charge in [0.05, 0.1) is 35.1 Å². The van der Waals surface area contributed by atoms with Gasteiger partial charge in [0.2, 0.25) is 5.88 Å². The Labute approximate surface area is 136 Å². The molecule has 0 spiro atoms. The van der Waals surface area contributed by atoms with Gasteiger partial charge in [-0.1, -0.05) is 16.8 Å². The Bertz CT molecular complexity index is 878. The third-order valence-corrected chi connectivity index (χ3v) is 3.39. The highest BCUT2D eigenvalue weighted by molar-refractivity contribution is 6.32. The van der Waals surface area contributed by atoms with Crippen molar-refractivity contribution in [3.63, 3.8) is 0 Å². The minimum absolute atomic E-state index is 0.281. The van der Waals surface area contributed by atoms with Crippen LogP contribution >= 0.6 is 11.6 Å². The van der Waals surface area contributed by atoms with Gasteiger partial charge in [0.1, 0.15) is 5.02 Å². The van der Waals surface area contributed by atoms with Crippen LogP contribution in [0.4, 0.5) is 5.69 Å². The number of carbonyl (C=O) groups is 1. The molecule has 0 unspecified atom stereocenters. The summed E-state index contributed by atoms with van der Waals surface area (Å²) in [5, 5.41) is 7.58. The van der Waals surface area contributed by atoms with Crippen LogP contribution in [-0.2, 0) is 0 Å². The van der Waals surface area contributed by atoms with E-state index in [-0.39, 0.29) is 10.9 Å². The van der Waals surface area contributed by atoms with E-state index in [9.17, 15) is 4.79 Å². The number of rotatable bonds is 4. The highest BCUT2D eigenvalue weighted by atomic mass is 35.5. The van der Waals surface area contributed by atoms with Crippen molar-refractivity contribution in [1.29, 1.82) is 0 Å². The van der Waals surface area contributed by atoms with Crippen molar-refractivity contribution in [1.82, 2.24) is 15.1 Å². The van der Waals surface area contributed by atoms with E-state index in [0.717, 1.165) is 5.39 Å². The van der Waals surface area contributed by atoms with Gasteiger partial charge in [-0.25, -0.2) is 9.97 Å². The Hall–Kier alpha value is -2.67. The predicted molar refractivity (Wildman–Crippen MR) is 84.9 cm³/mol. The molecule has 0 aliphatic carbocycles. The molecule has 23 heavy (non-hydrogen) atoms. The predicted octanol–water partition coefficient (Wildman–Crippen LogP) is 3.23. The summed E-state index contributed by atoms with van der Waals surface area (Å²) in [7, 11) is 0. The van der Waals surface area contributed by atoms with E-state index in [2.05, 4.69) is 20.4 Å². The largest absolute Gasteiger partial charge is 0.477 e. The summed E-state index contributed by atoms with van der Waals surface area (Å²) in [4.78, 5) is 20.4. The number of aryl methyl sites for hydroxylation is 1. The van der Waals surface area contributed by atoms with E-state index in [4.69, 9.17) is 20.9 Å². The van der Waals surface area contributed by atoms with E-state index in [1.54, 1.807) is 13.0 Å². The smallest absolute Gasteiger partial charge is 0.258 e. The van der Waals surface area contributed by atoms with Gasteiger partial charge < -0.3 is 14.6 Å². The fraction of sp³-hybridized carbons (Fsp3) is 0.200. The fourth-order valence-electron chi connectivity index (χ4n) is 2.01. The van der Waals surface area contributed by atoms with Crippen LogP contribution in [0.3, 0.4) is 0 Å². The lowest BCUT2D eigenvalue weighted by molar-refractivity contribution is 0.102. The summed E-state index contributed by atoms with van der Waals surface area (Å²) in [6.45, 7) is 4.08. The molecule has 3 rings (SSSR count). The molecule has 1 amide bonds. The molecule has 0 aliphatic rings. The molecule has 0 aromatic carbocycles. The molecule has 0 atom stereocenters. The van der Waals surface area contributed by atoms with Crippen molar-refractivity contribution in [3.05, 3.63) is 40.8 Å². The van der Waals surface area contributed by atoms with Crippen LogP contribution in [-0.4, -0.2) is 27.6 Å². The molecule has 0 saturated heterocycles. The van der Waals surface area contributed by atoms with Gasteiger partial charge in [-0.2, -0.15) is 0 Å². The van der Waals surface area contributed by atoms with E-state index in [0.29, 0.717) is 35.1 Å². The van der Waals surface area contributed by atoms with E-state index in [1.807, 2.05) is 6.92 Å². The molecule has 1 N–H and O–H groups in total. The van der Waals surface area contributed by atoms with Gasteiger partial charge in [0.25, 0.3) is 11.6 Å². The minimum Gasteiger partial charge on any atom is -0.477 e. The van der Waals surface area contributed by atoms with Gasteiger partial charge in [-0.15, -0.1) is 0 Å². The molecule has 7 nitrogen and oxygen atoms in total. The maximum absolute atomic E-state index is 12.3. The molecule has 3 aromatic heterocycles. The summed E-state index contributed by atoms with van der Waals surface area (Å²) in [6.07, 6.45) is 2.90. The Morgan fingerprint density at radius 3 is 2.91 bits per heavy atom. The number of fused-ring (bicyclic) bond motifs is 1. The number of ether oxygens (including phenoxy) is 1. The summed E-state index contributed by atoms with van der Waals surface area (Å²) in [5.41, 5.74) is 1.97. The lowest BCUT2D eigenvalue weighted by Crippen LogP contribution is -2.12. The Morgan fingerprint density at radius 2 is 2.17 bits per heavy atom. The van der Waals surface area contributed by atoms with Gasteiger partial charge in [0.15, 0.2) is 0 Å². The van der Waals surface area contributed by atoms with Crippen molar-refractivity contribution < 1.29 is 14.1 Å². The van der Waals surface area contributed by atoms with Crippen LogP contribution in [0.1, 0.15) is 23.0 Å². The number of amides is 1. The van der Waals surface area contributed by atoms with E-state index in [1.165, 1.54) is 18.5 Å². The number of hydrogen-bond donors (Lipinski definition) is 1. The Balaban J connectivity index is 1.82. The fourth-order valence-corrected chi connectivity index (χ4v) is 2.23. The van der Waals surface area contributed by atoms with Gasteiger partial charge >= 0.3 is 0 Å². The van der Waals surface area contributed by atoms with Crippen LogP contribution in [0.2, 0.25) is 5.02 Å². The van der Waals surface area contributed by atoms with Crippen molar-refractivity contribution >= 4 is 34.3 Å². The van der Waals surface area contributed by atoms with Crippen molar-refractivity contribution in [2.24, 2.45) is 0 Å². The molecular formula is C15H13ClN4O3. The van der Waals surface area contributed by atoms with E-state index < -0.39 is 0 Å². The second-order valence-corrected chi connectivity index (χ2v) is 5.15. The average molecular weight is 333 g/mol. The summed E-state index contributed by atoms with van der Waals surface area (Å²) < 4.78 is 10.3. The monoisotopic (exact) mass is 332 g/mol.